The molecule has 3 N–H and O–H groups in total. The smallest absolute Gasteiger partial charge is 0.251 e. The van der Waals surface area contributed by atoms with E-state index < -0.39 is 23.6 Å². The van der Waals surface area contributed by atoms with Gasteiger partial charge in [-0.1, -0.05) is 12.1 Å². The highest BCUT2D eigenvalue weighted by Gasteiger charge is 2.20. The van der Waals surface area contributed by atoms with Gasteiger partial charge in [-0.15, -0.1) is 0 Å². The summed E-state index contributed by atoms with van der Waals surface area (Å²) < 4.78 is 38.1. The molecule has 4 rings (SSSR count). The molecule has 5 nitrogen and oxygen atoms in total. The van der Waals surface area contributed by atoms with Gasteiger partial charge in [0, 0.05) is 7.92 Å². The summed E-state index contributed by atoms with van der Waals surface area (Å²) >= 11 is 0. The number of hydrogen-bond acceptors (Lipinski definition) is 3. The second-order valence-corrected chi connectivity index (χ2v) is 6.35. The molecular formula is C19H18F2N4O. The van der Waals surface area contributed by atoms with E-state index >= 15 is 0 Å². The van der Waals surface area contributed by atoms with Crippen LogP contribution in [0.5, 0.6) is 0 Å². The Morgan fingerprint density at radius 3 is 2.73 bits per heavy atom. The average molecular weight is 357 g/mol. The molecule has 1 aliphatic rings. The van der Waals surface area contributed by atoms with E-state index in [1.165, 1.54) is 0 Å². The fraction of sp³-hybridized carbons (Fsp3) is 0.263. The summed E-state index contributed by atoms with van der Waals surface area (Å²) in [6.45, 7) is 1.47. The van der Waals surface area contributed by atoms with Crippen LogP contribution in [-0.2, 0) is 0 Å². The molecule has 1 aliphatic heterocycles. The van der Waals surface area contributed by atoms with E-state index in [0.717, 1.165) is 41.8 Å². The molecule has 0 radical (unpaired) electrons. The van der Waals surface area contributed by atoms with Gasteiger partial charge in [0.1, 0.15) is 11.3 Å². The first kappa shape index (κ1) is 15.5. The van der Waals surface area contributed by atoms with E-state index in [4.69, 9.17) is 7.10 Å². The Bertz CT molecular complexity index is 1030. The van der Waals surface area contributed by atoms with Gasteiger partial charge < -0.3 is 11.1 Å². The first-order valence-corrected chi connectivity index (χ1v) is 8.38. The number of fused-ring (bicyclic) bond motifs is 1. The minimum absolute atomic E-state index is 0.0129. The van der Waals surface area contributed by atoms with Gasteiger partial charge in [0.25, 0.3) is 5.91 Å². The number of primary amides is 1. The van der Waals surface area contributed by atoms with Crippen LogP contribution in [0.4, 0.5) is 8.78 Å². The Hall–Kier alpha value is -2.80. The standard InChI is InChI=1S/C19H18F2N4O/c20-13-8-15-17(16(9-13)19(22)26)24-25(18(15)21)14-5-3-11(4-6-14)12-2-1-7-23-10-12/h3-6,8-9,12,23H,1-2,7,10H2,(H2,22,26)/i12D. The Labute approximate surface area is 150 Å². The number of halogens is 2. The number of amides is 1. The van der Waals surface area contributed by atoms with Crippen molar-refractivity contribution in [2.24, 2.45) is 5.73 Å². The zero-order chi connectivity index (χ0) is 19.2. The van der Waals surface area contributed by atoms with E-state index in [1.807, 2.05) is 0 Å². The van der Waals surface area contributed by atoms with Crippen LogP contribution in [0.15, 0.2) is 36.4 Å². The Balaban J connectivity index is 1.77. The normalized spacial score (nSPS) is 20.9. The summed E-state index contributed by atoms with van der Waals surface area (Å²) in [6.07, 6.45) is 1.67. The van der Waals surface area contributed by atoms with Crippen LogP contribution in [0.25, 0.3) is 16.6 Å². The quantitative estimate of drug-likeness (QED) is 0.757. The molecule has 0 spiro atoms. The van der Waals surface area contributed by atoms with Gasteiger partial charge >= 0.3 is 0 Å². The highest BCUT2D eigenvalue weighted by Crippen LogP contribution is 2.27. The number of nitrogens with two attached hydrogens (primary N) is 1. The number of rotatable bonds is 3. The molecule has 134 valence electrons. The summed E-state index contributed by atoms with van der Waals surface area (Å²) in [5.74, 6) is -3.13. The molecule has 3 aromatic rings. The summed E-state index contributed by atoms with van der Waals surface area (Å²) in [5.41, 5.74) is 6.35. The lowest BCUT2D eigenvalue weighted by Crippen LogP contribution is -2.28. The van der Waals surface area contributed by atoms with E-state index in [9.17, 15) is 13.6 Å². The van der Waals surface area contributed by atoms with Crippen LogP contribution in [0, 0.1) is 11.8 Å². The molecule has 1 atom stereocenters. The number of benzene rings is 2. The van der Waals surface area contributed by atoms with Crippen molar-refractivity contribution in [1.82, 2.24) is 15.1 Å². The summed E-state index contributed by atoms with van der Waals surface area (Å²) in [6, 6.07) is 8.81. The number of nitrogens with zero attached hydrogens (tertiary/aromatic N) is 2. The number of carbonyl (C=O) groups is 1. The highest BCUT2D eigenvalue weighted by molar-refractivity contribution is 6.04. The van der Waals surface area contributed by atoms with E-state index in [2.05, 4.69) is 10.4 Å². The molecule has 0 bridgehead atoms. The van der Waals surface area contributed by atoms with Gasteiger partial charge in [-0.3, -0.25) is 4.79 Å². The van der Waals surface area contributed by atoms with E-state index in [-0.39, 0.29) is 16.5 Å². The van der Waals surface area contributed by atoms with Crippen molar-refractivity contribution in [2.45, 2.75) is 18.7 Å². The van der Waals surface area contributed by atoms with Crippen LogP contribution in [0.2, 0.25) is 0 Å². The minimum Gasteiger partial charge on any atom is -0.366 e. The van der Waals surface area contributed by atoms with Crippen molar-refractivity contribution in [3.63, 3.8) is 0 Å². The molecule has 1 amide bonds. The minimum atomic E-state index is -0.875. The third kappa shape index (κ3) is 2.84. The third-order valence-electron chi connectivity index (χ3n) is 4.64. The molecule has 2 heterocycles. The van der Waals surface area contributed by atoms with Crippen LogP contribution in [-0.4, -0.2) is 28.8 Å². The fourth-order valence-corrected chi connectivity index (χ4v) is 3.32. The zero-order valence-electron chi connectivity index (χ0n) is 14.9. The van der Waals surface area contributed by atoms with E-state index in [0.29, 0.717) is 12.2 Å². The first-order valence-electron chi connectivity index (χ1n) is 8.88. The van der Waals surface area contributed by atoms with Crippen molar-refractivity contribution < 1.29 is 14.9 Å². The van der Waals surface area contributed by atoms with Crippen LogP contribution >= 0.6 is 0 Å². The third-order valence-corrected chi connectivity index (χ3v) is 4.64. The van der Waals surface area contributed by atoms with Gasteiger partial charge in [-0.25, -0.2) is 9.07 Å². The number of piperidine rings is 1. The predicted molar refractivity (Wildman–Crippen MR) is 94.3 cm³/mol. The van der Waals surface area contributed by atoms with Crippen LogP contribution in [0.1, 0.15) is 36.0 Å². The molecule has 0 aliphatic carbocycles. The molecule has 1 fully saturated rings. The molecule has 1 unspecified atom stereocenters. The maximum Gasteiger partial charge on any atom is 0.251 e. The fourth-order valence-electron chi connectivity index (χ4n) is 3.32. The van der Waals surface area contributed by atoms with Crippen molar-refractivity contribution in [2.75, 3.05) is 13.1 Å². The number of hydrogen-bond donors (Lipinski definition) is 2. The highest BCUT2D eigenvalue weighted by atomic mass is 19.1. The largest absolute Gasteiger partial charge is 0.366 e. The summed E-state index contributed by atoms with van der Waals surface area (Å²) in [5, 5.41) is 7.23. The maximum atomic E-state index is 14.8. The molecule has 1 aromatic heterocycles. The van der Waals surface area contributed by atoms with Gasteiger partial charge in [0.2, 0.25) is 5.95 Å². The van der Waals surface area contributed by atoms with Gasteiger partial charge in [0.05, 0.1) is 16.6 Å². The SMILES string of the molecule is [2H]C1(c2ccc(-n3nc4c(C(N)=O)cc(F)cc4c3F)cc2)CCCNC1. The summed E-state index contributed by atoms with van der Waals surface area (Å²) in [7, 11) is 0. The Kier molecular flexibility index (Phi) is 3.86. The Morgan fingerprint density at radius 2 is 2.08 bits per heavy atom. The van der Waals surface area contributed by atoms with Gasteiger partial charge in [0.15, 0.2) is 0 Å². The summed E-state index contributed by atoms with van der Waals surface area (Å²) in [4.78, 5) is 11.5. The average Bonchev–Trinajstić information content (AvgIpc) is 2.98. The number of nitrogens with one attached hydrogen (secondary N) is 1. The van der Waals surface area contributed by atoms with Crippen molar-refractivity contribution in [3.05, 3.63) is 59.3 Å². The van der Waals surface area contributed by atoms with Crippen molar-refractivity contribution in [3.8, 4) is 5.69 Å². The number of carbonyl (C=O) groups excluding carboxylic acids is 1. The van der Waals surface area contributed by atoms with Crippen molar-refractivity contribution in [1.29, 1.82) is 0 Å². The lowest BCUT2D eigenvalue weighted by atomic mass is 9.92. The topological polar surface area (TPSA) is 72.9 Å². The molecular weight excluding hydrogens is 338 g/mol. The molecule has 26 heavy (non-hydrogen) atoms. The lowest BCUT2D eigenvalue weighted by Gasteiger charge is -2.23. The maximum absolute atomic E-state index is 14.8. The van der Waals surface area contributed by atoms with Crippen LogP contribution in [0.3, 0.4) is 0 Å². The second-order valence-electron chi connectivity index (χ2n) is 6.35. The molecule has 0 saturated carbocycles. The molecule has 2 aromatic carbocycles. The zero-order valence-corrected chi connectivity index (χ0v) is 13.9. The molecule has 1 saturated heterocycles. The van der Waals surface area contributed by atoms with Gasteiger partial charge in [-0.2, -0.15) is 9.49 Å². The Morgan fingerprint density at radius 1 is 1.31 bits per heavy atom. The lowest BCUT2D eigenvalue weighted by molar-refractivity contribution is 0.100. The van der Waals surface area contributed by atoms with E-state index in [1.54, 1.807) is 24.3 Å². The second kappa shape index (κ2) is 6.49. The molecule has 7 heteroatoms. The van der Waals surface area contributed by atoms with Gasteiger partial charge in [-0.05, 0) is 55.1 Å². The van der Waals surface area contributed by atoms with Crippen molar-refractivity contribution >= 4 is 16.8 Å². The number of aromatic nitrogens is 2. The monoisotopic (exact) mass is 357 g/mol. The predicted octanol–water partition coefficient (Wildman–Crippen LogP) is 2.87. The van der Waals surface area contributed by atoms with Crippen LogP contribution < -0.4 is 11.1 Å². The first-order chi connectivity index (χ1) is 12.9.